The molecule has 88 valence electrons. The van der Waals surface area contributed by atoms with Gasteiger partial charge < -0.3 is 5.73 Å². The predicted octanol–water partition coefficient (Wildman–Crippen LogP) is 3.23. The molecule has 1 aromatic carbocycles. The number of benzene rings is 1. The van der Waals surface area contributed by atoms with Crippen LogP contribution in [0.2, 0.25) is 0 Å². The second kappa shape index (κ2) is 4.13. The molecule has 0 bridgehead atoms. The van der Waals surface area contributed by atoms with Crippen LogP contribution in [0.5, 0.6) is 0 Å². The van der Waals surface area contributed by atoms with Crippen molar-refractivity contribution >= 4 is 5.82 Å². The van der Waals surface area contributed by atoms with Gasteiger partial charge in [-0.3, -0.25) is 0 Å². The van der Waals surface area contributed by atoms with Gasteiger partial charge in [0, 0.05) is 11.3 Å². The normalized spacial score (nSPS) is 10.6. The average Bonchev–Trinajstić information content (AvgIpc) is 2.27. The molecule has 0 radical (unpaired) electrons. The van der Waals surface area contributed by atoms with E-state index in [1.807, 2.05) is 0 Å². The molecule has 0 aliphatic carbocycles. The largest absolute Gasteiger partial charge is 0.384 e. The molecule has 1 heterocycles. The summed E-state index contributed by atoms with van der Waals surface area (Å²) in [4.78, 5) is 4.01. The molecule has 2 aromatic rings. The SMILES string of the molecule is Cc1ccc(F)c(-c2ccc(N)nc2C)c1F. The van der Waals surface area contributed by atoms with Crippen molar-refractivity contribution in [2.24, 2.45) is 0 Å². The molecule has 4 heteroatoms. The highest BCUT2D eigenvalue weighted by molar-refractivity contribution is 5.68. The molecule has 0 aliphatic heterocycles. The molecule has 17 heavy (non-hydrogen) atoms. The van der Waals surface area contributed by atoms with Gasteiger partial charge in [0.1, 0.15) is 17.5 Å². The van der Waals surface area contributed by atoms with Gasteiger partial charge in [0.2, 0.25) is 0 Å². The van der Waals surface area contributed by atoms with Crippen molar-refractivity contribution in [2.45, 2.75) is 13.8 Å². The molecule has 2 rings (SSSR count). The number of aryl methyl sites for hydroxylation is 2. The number of nitrogen functional groups attached to an aromatic ring is 1. The Morgan fingerprint density at radius 1 is 1.06 bits per heavy atom. The molecule has 0 atom stereocenters. The number of nitrogens with two attached hydrogens (primary N) is 1. The lowest BCUT2D eigenvalue weighted by Gasteiger charge is -2.10. The lowest BCUT2D eigenvalue weighted by atomic mass is 10.0. The van der Waals surface area contributed by atoms with E-state index in [4.69, 9.17) is 5.73 Å². The number of pyridine rings is 1. The van der Waals surface area contributed by atoms with E-state index in [0.29, 0.717) is 22.6 Å². The van der Waals surface area contributed by atoms with Crippen LogP contribution in [0.1, 0.15) is 11.3 Å². The first-order chi connectivity index (χ1) is 8.00. The first-order valence-electron chi connectivity index (χ1n) is 5.19. The summed E-state index contributed by atoms with van der Waals surface area (Å²) >= 11 is 0. The minimum absolute atomic E-state index is 0.0463. The summed E-state index contributed by atoms with van der Waals surface area (Å²) in [6, 6.07) is 5.78. The Morgan fingerprint density at radius 2 is 1.76 bits per heavy atom. The van der Waals surface area contributed by atoms with Crippen molar-refractivity contribution in [3.63, 3.8) is 0 Å². The van der Waals surface area contributed by atoms with E-state index in [1.54, 1.807) is 19.9 Å². The summed E-state index contributed by atoms with van der Waals surface area (Å²) in [5.74, 6) is -0.817. The van der Waals surface area contributed by atoms with E-state index in [2.05, 4.69) is 4.98 Å². The molecule has 0 spiro atoms. The minimum atomic E-state index is -0.595. The van der Waals surface area contributed by atoms with Crippen molar-refractivity contribution in [1.29, 1.82) is 0 Å². The van der Waals surface area contributed by atoms with Crippen molar-refractivity contribution in [3.05, 3.63) is 47.2 Å². The monoisotopic (exact) mass is 234 g/mol. The van der Waals surface area contributed by atoms with Crippen LogP contribution in [0.25, 0.3) is 11.1 Å². The number of hydrogen-bond donors (Lipinski definition) is 1. The summed E-state index contributed by atoms with van der Waals surface area (Å²) in [5.41, 5.74) is 6.80. The maximum Gasteiger partial charge on any atom is 0.136 e. The summed E-state index contributed by atoms with van der Waals surface area (Å²) in [5, 5.41) is 0. The molecular formula is C13H12F2N2. The Kier molecular flexibility index (Phi) is 2.79. The molecular weight excluding hydrogens is 222 g/mol. The first-order valence-corrected chi connectivity index (χ1v) is 5.19. The fraction of sp³-hybridized carbons (Fsp3) is 0.154. The van der Waals surface area contributed by atoms with E-state index >= 15 is 0 Å². The number of halogens is 2. The van der Waals surface area contributed by atoms with Gasteiger partial charge >= 0.3 is 0 Å². The third kappa shape index (κ3) is 1.98. The van der Waals surface area contributed by atoms with Crippen LogP contribution in [-0.4, -0.2) is 4.98 Å². The van der Waals surface area contributed by atoms with E-state index < -0.39 is 11.6 Å². The molecule has 0 aliphatic rings. The predicted molar refractivity (Wildman–Crippen MR) is 63.5 cm³/mol. The summed E-state index contributed by atoms with van der Waals surface area (Å²) in [6.45, 7) is 3.27. The maximum atomic E-state index is 13.9. The van der Waals surface area contributed by atoms with Crippen LogP contribution in [0.15, 0.2) is 24.3 Å². The lowest BCUT2D eigenvalue weighted by Crippen LogP contribution is -1.99. The van der Waals surface area contributed by atoms with Gasteiger partial charge in [-0.25, -0.2) is 13.8 Å². The van der Waals surface area contributed by atoms with E-state index in [9.17, 15) is 8.78 Å². The van der Waals surface area contributed by atoms with Gasteiger partial charge in [0.05, 0.1) is 5.56 Å². The lowest BCUT2D eigenvalue weighted by molar-refractivity contribution is 0.583. The zero-order chi connectivity index (χ0) is 12.6. The minimum Gasteiger partial charge on any atom is -0.384 e. The number of hydrogen-bond acceptors (Lipinski definition) is 2. The summed E-state index contributed by atoms with van der Waals surface area (Å²) in [7, 11) is 0. The molecule has 0 fully saturated rings. The maximum absolute atomic E-state index is 13.9. The second-order valence-corrected chi connectivity index (χ2v) is 3.92. The fourth-order valence-corrected chi connectivity index (χ4v) is 1.75. The molecule has 1 aromatic heterocycles. The van der Waals surface area contributed by atoms with Gasteiger partial charge in [-0.15, -0.1) is 0 Å². The first kappa shape index (κ1) is 11.5. The van der Waals surface area contributed by atoms with Gasteiger partial charge in [0.25, 0.3) is 0 Å². The molecule has 0 unspecified atom stereocenters. The van der Waals surface area contributed by atoms with Crippen LogP contribution >= 0.6 is 0 Å². The standard InChI is InChI=1S/C13H12F2N2/c1-7-3-5-10(14)12(13(7)15)9-4-6-11(16)17-8(9)2/h3-6H,1-2H3,(H2,16,17). The fourth-order valence-electron chi connectivity index (χ4n) is 1.75. The van der Waals surface area contributed by atoms with Crippen LogP contribution in [0.4, 0.5) is 14.6 Å². The van der Waals surface area contributed by atoms with E-state index in [-0.39, 0.29) is 5.56 Å². The van der Waals surface area contributed by atoms with E-state index in [1.165, 1.54) is 18.2 Å². The summed E-state index contributed by atoms with van der Waals surface area (Å²) in [6.07, 6.45) is 0. The molecule has 0 saturated heterocycles. The number of anilines is 1. The molecule has 2 N–H and O–H groups in total. The number of nitrogens with zero attached hydrogens (tertiary/aromatic N) is 1. The molecule has 0 amide bonds. The third-order valence-corrected chi connectivity index (χ3v) is 2.66. The molecule has 0 saturated carbocycles. The highest BCUT2D eigenvalue weighted by Gasteiger charge is 2.15. The number of aromatic nitrogens is 1. The van der Waals surface area contributed by atoms with Crippen LogP contribution in [-0.2, 0) is 0 Å². The van der Waals surface area contributed by atoms with Crippen molar-refractivity contribution in [1.82, 2.24) is 4.98 Å². The van der Waals surface area contributed by atoms with Crippen molar-refractivity contribution in [3.8, 4) is 11.1 Å². The van der Waals surface area contributed by atoms with Crippen LogP contribution < -0.4 is 5.73 Å². The smallest absolute Gasteiger partial charge is 0.136 e. The summed E-state index contributed by atoms with van der Waals surface area (Å²) < 4.78 is 27.6. The van der Waals surface area contributed by atoms with Gasteiger partial charge in [-0.05, 0) is 37.6 Å². The Morgan fingerprint density at radius 3 is 2.41 bits per heavy atom. The Bertz CT molecular complexity index is 580. The van der Waals surface area contributed by atoms with Gasteiger partial charge in [-0.1, -0.05) is 6.07 Å². The average molecular weight is 234 g/mol. The Labute approximate surface area is 98.1 Å². The van der Waals surface area contributed by atoms with Gasteiger partial charge in [-0.2, -0.15) is 0 Å². The molecule has 2 nitrogen and oxygen atoms in total. The van der Waals surface area contributed by atoms with Crippen LogP contribution in [0.3, 0.4) is 0 Å². The third-order valence-electron chi connectivity index (χ3n) is 2.66. The highest BCUT2D eigenvalue weighted by atomic mass is 19.1. The van der Waals surface area contributed by atoms with Gasteiger partial charge in [0.15, 0.2) is 0 Å². The quantitative estimate of drug-likeness (QED) is 0.822. The topological polar surface area (TPSA) is 38.9 Å². The zero-order valence-electron chi connectivity index (χ0n) is 9.59. The van der Waals surface area contributed by atoms with E-state index in [0.717, 1.165) is 0 Å². The van der Waals surface area contributed by atoms with Crippen molar-refractivity contribution < 1.29 is 8.78 Å². The van der Waals surface area contributed by atoms with Crippen LogP contribution in [0, 0.1) is 25.5 Å². The number of rotatable bonds is 1. The Balaban J connectivity index is 2.72. The second-order valence-electron chi connectivity index (χ2n) is 3.92. The Hall–Kier alpha value is -1.97. The highest BCUT2D eigenvalue weighted by Crippen LogP contribution is 2.30. The van der Waals surface area contributed by atoms with Crippen molar-refractivity contribution in [2.75, 3.05) is 5.73 Å². The zero-order valence-corrected chi connectivity index (χ0v) is 9.59.